The van der Waals surface area contributed by atoms with Gasteiger partial charge in [-0.3, -0.25) is 10.1 Å². The molecule has 0 radical (unpaired) electrons. The van der Waals surface area contributed by atoms with Gasteiger partial charge in [0, 0.05) is 21.9 Å². The fourth-order valence-corrected chi connectivity index (χ4v) is 9.46. The van der Waals surface area contributed by atoms with Crippen LogP contribution < -0.4 is 5.43 Å². The fourth-order valence-electron chi connectivity index (χ4n) is 9.46. The predicted octanol–water partition coefficient (Wildman–Crippen LogP) is 14.2. The molecule has 3 heteroatoms. The Morgan fingerprint density at radius 2 is 0.934 bits per heavy atom. The number of hydrogen-bond acceptors (Lipinski definition) is 1. The average Bonchev–Trinajstić information content (AvgIpc) is 3.82. The third-order valence-corrected chi connectivity index (χ3v) is 12.3. The quantitative estimate of drug-likeness (QED) is 0.121. The predicted molar refractivity (Wildman–Crippen MR) is 255 cm³/mol. The minimum atomic E-state index is -0.526. The molecule has 1 N–H and O–H groups in total. The van der Waals surface area contributed by atoms with Crippen molar-refractivity contribution < 1.29 is 0 Å². The summed E-state index contributed by atoms with van der Waals surface area (Å²) in [6, 6.07) is 82.5. The minimum absolute atomic E-state index is 0.526. The Morgan fingerprint density at radius 1 is 0.410 bits per heavy atom. The molecule has 9 aromatic carbocycles. The number of aliphatic imine (C=N–C) groups is 1. The van der Waals surface area contributed by atoms with Crippen LogP contribution in [0.5, 0.6) is 0 Å². The summed E-state index contributed by atoms with van der Waals surface area (Å²) in [6.07, 6.45) is 0. The zero-order valence-electron chi connectivity index (χ0n) is 33.5. The number of amidine groups is 1. The summed E-state index contributed by atoms with van der Waals surface area (Å²) in [5, 5.41) is 2.32. The van der Waals surface area contributed by atoms with Crippen molar-refractivity contribution in [1.82, 2.24) is 4.68 Å². The van der Waals surface area contributed by atoms with E-state index in [1.54, 1.807) is 0 Å². The van der Waals surface area contributed by atoms with Crippen molar-refractivity contribution in [2.45, 2.75) is 5.41 Å². The van der Waals surface area contributed by atoms with Crippen molar-refractivity contribution in [3.05, 3.63) is 270 Å². The van der Waals surface area contributed by atoms with Gasteiger partial charge in [-0.05, 0) is 73.8 Å². The molecule has 0 fully saturated rings. The summed E-state index contributed by atoms with van der Waals surface area (Å²) in [7, 11) is 0. The van der Waals surface area contributed by atoms with Crippen molar-refractivity contribution in [1.29, 1.82) is 0 Å². The van der Waals surface area contributed by atoms with E-state index in [1.165, 1.54) is 44.5 Å². The van der Waals surface area contributed by atoms with Gasteiger partial charge in [-0.15, -0.1) is 0 Å². The molecule has 288 valence electrons. The number of rotatable bonds is 8. The van der Waals surface area contributed by atoms with Gasteiger partial charge < -0.3 is 0 Å². The number of nitrogens with one attached hydrogen (secondary N) is 1. The van der Waals surface area contributed by atoms with E-state index in [1.807, 2.05) is 12.1 Å². The highest BCUT2D eigenvalue weighted by molar-refractivity contribution is 6.13. The summed E-state index contributed by atoms with van der Waals surface area (Å²) < 4.78 is 2.21. The number of fused-ring (bicyclic) bond motifs is 6. The molecule has 0 saturated heterocycles. The van der Waals surface area contributed by atoms with Crippen LogP contribution in [0.4, 0.5) is 0 Å². The number of benzene rings is 9. The van der Waals surface area contributed by atoms with Gasteiger partial charge in [0.15, 0.2) is 5.84 Å². The van der Waals surface area contributed by atoms with Crippen LogP contribution in [0.2, 0.25) is 0 Å². The molecule has 0 saturated carbocycles. The maximum atomic E-state index is 5.30. The van der Waals surface area contributed by atoms with E-state index >= 15 is 0 Å². The lowest BCUT2D eigenvalue weighted by molar-refractivity contribution is 0.769. The summed E-state index contributed by atoms with van der Waals surface area (Å²) in [5.74, 6) is 0.700. The molecule has 0 bridgehead atoms. The van der Waals surface area contributed by atoms with Crippen LogP contribution in [0.3, 0.4) is 0 Å². The van der Waals surface area contributed by atoms with E-state index in [2.05, 4.69) is 235 Å². The summed E-state index contributed by atoms with van der Waals surface area (Å²) in [5.41, 5.74) is 20.2. The van der Waals surface area contributed by atoms with E-state index in [9.17, 15) is 0 Å². The molecule has 3 nitrogen and oxygen atoms in total. The number of para-hydroxylation sites is 1. The lowest BCUT2D eigenvalue weighted by Crippen LogP contribution is -2.29. The normalized spacial score (nSPS) is 12.9. The van der Waals surface area contributed by atoms with Crippen LogP contribution in [0, 0.1) is 0 Å². The fraction of sp³-hybridized carbons (Fsp3) is 0.0172. The molecule has 1 aliphatic carbocycles. The number of nitrogens with zero attached hydrogens (tertiary/aromatic N) is 2. The summed E-state index contributed by atoms with van der Waals surface area (Å²) in [6.45, 7) is 4.55. The topological polar surface area (TPSA) is 29.3 Å². The highest BCUT2D eigenvalue weighted by Gasteiger charge is 2.46. The standard InChI is InChI=1S/C58H41N3/c1-40(45-22-17-23-46(38-45)43-34-32-42(33-35-43)41-18-5-2-6-19-41)59-57(44-20-7-3-8-21-44)60-61-55-31-16-13-28-51(55)52-37-36-48(39-56(52)61)58(47-24-9-4-10-25-47)53-29-14-11-26-49(53)50-27-12-15-30-54(50)58/h2-39H,1H2,(H,59,60). The molecule has 1 aliphatic rings. The zero-order valence-corrected chi connectivity index (χ0v) is 33.5. The van der Waals surface area contributed by atoms with Gasteiger partial charge in [-0.1, -0.05) is 219 Å². The van der Waals surface area contributed by atoms with E-state index in [-0.39, 0.29) is 0 Å². The lowest BCUT2D eigenvalue weighted by atomic mass is 9.67. The third-order valence-electron chi connectivity index (χ3n) is 12.3. The van der Waals surface area contributed by atoms with Gasteiger partial charge in [0.2, 0.25) is 0 Å². The van der Waals surface area contributed by atoms with E-state index in [0.717, 1.165) is 44.1 Å². The Balaban J connectivity index is 1.04. The minimum Gasteiger partial charge on any atom is -0.276 e. The Kier molecular flexibility index (Phi) is 8.87. The molecule has 11 rings (SSSR count). The van der Waals surface area contributed by atoms with Gasteiger partial charge in [0.05, 0.1) is 22.1 Å². The highest BCUT2D eigenvalue weighted by Crippen LogP contribution is 2.56. The lowest BCUT2D eigenvalue weighted by Gasteiger charge is -2.34. The van der Waals surface area contributed by atoms with Crippen LogP contribution >= 0.6 is 0 Å². The van der Waals surface area contributed by atoms with E-state index < -0.39 is 5.41 Å². The largest absolute Gasteiger partial charge is 0.276 e. The van der Waals surface area contributed by atoms with Crippen LogP contribution in [0.1, 0.15) is 33.4 Å². The molecule has 10 aromatic rings. The van der Waals surface area contributed by atoms with Gasteiger partial charge >= 0.3 is 0 Å². The molecular weight excluding hydrogens is 739 g/mol. The van der Waals surface area contributed by atoms with E-state index in [4.69, 9.17) is 4.99 Å². The maximum Gasteiger partial charge on any atom is 0.152 e. The van der Waals surface area contributed by atoms with Gasteiger partial charge in [-0.25, -0.2) is 4.99 Å². The summed E-state index contributed by atoms with van der Waals surface area (Å²) >= 11 is 0. The molecular formula is C58H41N3. The zero-order chi connectivity index (χ0) is 40.8. The van der Waals surface area contributed by atoms with Crippen molar-refractivity contribution >= 4 is 33.3 Å². The molecule has 0 unspecified atom stereocenters. The Morgan fingerprint density at radius 3 is 1.64 bits per heavy atom. The second-order valence-corrected chi connectivity index (χ2v) is 15.7. The monoisotopic (exact) mass is 779 g/mol. The highest BCUT2D eigenvalue weighted by atomic mass is 15.4. The number of aromatic nitrogens is 1. The van der Waals surface area contributed by atoms with Crippen LogP contribution in [0.25, 0.3) is 60.9 Å². The van der Waals surface area contributed by atoms with Crippen LogP contribution in [-0.4, -0.2) is 10.5 Å². The average molecular weight is 780 g/mol. The molecule has 0 aliphatic heterocycles. The first-order chi connectivity index (χ1) is 30.2. The Bertz CT molecular complexity index is 3220. The van der Waals surface area contributed by atoms with Crippen molar-refractivity contribution in [3.63, 3.8) is 0 Å². The number of hydrogen-bond donors (Lipinski definition) is 1. The van der Waals surface area contributed by atoms with Crippen molar-refractivity contribution in [2.75, 3.05) is 5.43 Å². The van der Waals surface area contributed by atoms with Gasteiger partial charge in [0.25, 0.3) is 0 Å². The first-order valence-corrected chi connectivity index (χ1v) is 20.8. The van der Waals surface area contributed by atoms with Crippen LogP contribution in [0.15, 0.2) is 242 Å². The maximum absolute atomic E-state index is 5.30. The second kappa shape index (κ2) is 15.0. The van der Waals surface area contributed by atoms with Crippen LogP contribution in [-0.2, 0) is 5.41 Å². The van der Waals surface area contributed by atoms with Crippen molar-refractivity contribution in [2.24, 2.45) is 4.99 Å². The Labute approximate surface area is 356 Å². The second-order valence-electron chi connectivity index (χ2n) is 15.7. The van der Waals surface area contributed by atoms with Crippen molar-refractivity contribution in [3.8, 4) is 33.4 Å². The first kappa shape index (κ1) is 36.1. The SMILES string of the molecule is C=C(N=C(Nn1c2ccccc2c2ccc(C3(c4ccccc4)c4ccccc4-c4ccccc43)cc21)c1ccccc1)c1cccc(-c2ccc(-c3ccccc3)cc2)c1. The van der Waals surface area contributed by atoms with Gasteiger partial charge in [-0.2, -0.15) is 0 Å². The summed E-state index contributed by atoms with van der Waals surface area (Å²) in [4.78, 5) is 5.30. The van der Waals surface area contributed by atoms with E-state index in [0.29, 0.717) is 11.5 Å². The molecule has 0 atom stereocenters. The molecule has 61 heavy (non-hydrogen) atoms. The molecule has 1 heterocycles. The Hall–Kier alpha value is -8.01. The first-order valence-electron chi connectivity index (χ1n) is 20.8. The smallest absolute Gasteiger partial charge is 0.152 e. The van der Waals surface area contributed by atoms with Gasteiger partial charge in [0.1, 0.15) is 0 Å². The molecule has 0 spiro atoms. The molecule has 1 aromatic heterocycles. The third kappa shape index (κ3) is 6.10. The molecule has 0 amide bonds.